The summed E-state index contributed by atoms with van der Waals surface area (Å²) in [6.45, 7) is 1.52. The fourth-order valence-corrected chi connectivity index (χ4v) is 2.82. The molecule has 3 nitrogen and oxygen atoms in total. The first kappa shape index (κ1) is 13.7. The van der Waals surface area contributed by atoms with Crippen molar-refractivity contribution < 1.29 is 13.2 Å². The molecule has 2 heterocycles. The van der Waals surface area contributed by atoms with Crippen LogP contribution in [0.25, 0.3) is 0 Å². The summed E-state index contributed by atoms with van der Waals surface area (Å²) in [7, 11) is 1.61. The minimum atomic E-state index is -4.37. The monoisotopic (exact) mass is 325 g/mol. The van der Waals surface area contributed by atoms with Crippen molar-refractivity contribution in [3.8, 4) is 0 Å². The van der Waals surface area contributed by atoms with E-state index in [0.29, 0.717) is 11.9 Å². The molecule has 0 amide bonds. The Labute approximate surface area is 112 Å². The van der Waals surface area contributed by atoms with E-state index in [9.17, 15) is 13.2 Å². The van der Waals surface area contributed by atoms with Crippen molar-refractivity contribution in [3.05, 3.63) is 11.9 Å². The summed E-state index contributed by atoms with van der Waals surface area (Å²) < 4.78 is 39.1. The van der Waals surface area contributed by atoms with E-state index in [1.165, 1.54) is 4.57 Å². The molecule has 1 fully saturated rings. The zero-order valence-electron chi connectivity index (χ0n) is 10.0. The fourth-order valence-electron chi connectivity index (χ4n) is 2.17. The summed E-state index contributed by atoms with van der Waals surface area (Å²) in [5.74, 6) is 1.03. The van der Waals surface area contributed by atoms with Crippen LogP contribution in [-0.2, 0) is 13.2 Å². The van der Waals surface area contributed by atoms with E-state index in [2.05, 4.69) is 20.9 Å². The second kappa shape index (κ2) is 5.11. The Hall–Kier alpha value is -0.720. The molecule has 1 aliphatic rings. The van der Waals surface area contributed by atoms with Crippen LogP contribution >= 0.6 is 15.9 Å². The van der Waals surface area contributed by atoms with Crippen molar-refractivity contribution in [1.29, 1.82) is 0 Å². The van der Waals surface area contributed by atoms with Crippen LogP contribution in [0.2, 0.25) is 0 Å². The number of imidazole rings is 1. The topological polar surface area (TPSA) is 21.1 Å². The molecule has 0 atom stereocenters. The smallest absolute Gasteiger partial charge is 0.342 e. The highest BCUT2D eigenvalue weighted by molar-refractivity contribution is 9.09. The normalized spacial score (nSPS) is 18.4. The van der Waals surface area contributed by atoms with Gasteiger partial charge in [0.2, 0.25) is 5.95 Å². The number of aryl methyl sites for hydroxylation is 1. The van der Waals surface area contributed by atoms with Crippen molar-refractivity contribution in [2.24, 2.45) is 13.0 Å². The molecule has 0 aliphatic carbocycles. The van der Waals surface area contributed by atoms with E-state index in [1.807, 2.05) is 4.90 Å². The van der Waals surface area contributed by atoms with E-state index < -0.39 is 11.9 Å². The molecule has 7 heteroatoms. The first-order chi connectivity index (χ1) is 8.41. The first-order valence-electron chi connectivity index (χ1n) is 5.83. The minimum Gasteiger partial charge on any atom is -0.342 e. The van der Waals surface area contributed by atoms with Crippen LogP contribution in [0.5, 0.6) is 0 Å². The van der Waals surface area contributed by atoms with Crippen LogP contribution in [-0.4, -0.2) is 28.0 Å². The Morgan fingerprint density at radius 1 is 1.39 bits per heavy atom. The molecule has 0 spiro atoms. The van der Waals surface area contributed by atoms with Crippen LogP contribution in [0, 0.1) is 5.92 Å². The molecule has 1 aliphatic heterocycles. The highest BCUT2D eigenvalue weighted by Crippen LogP contribution is 2.31. The van der Waals surface area contributed by atoms with Crippen LogP contribution in [0.4, 0.5) is 19.1 Å². The lowest BCUT2D eigenvalue weighted by molar-refractivity contribution is -0.140. The number of rotatable bonds is 2. The number of aromatic nitrogens is 2. The molecular formula is C11H15BrF3N3. The van der Waals surface area contributed by atoms with Gasteiger partial charge in [-0.1, -0.05) is 15.9 Å². The van der Waals surface area contributed by atoms with E-state index in [4.69, 9.17) is 0 Å². The van der Waals surface area contributed by atoms with Gasteiger partial charge in [0.15, 0.2) is 5.69 Å². The SMILES string of the molecule is Cn1cc(C(F)(F)F)nc1N1CCC(CBr)CC1. The molecule has 1 aromatic rings. The van der Waals surface area contributed by atoms with Crippen molar-refractivity contribution in [1.82, 2.24) is 9.55 Å². The van der Waals surface area contributed by atoms with Gasteiger partial charge in [-0.25, -0.2) is 4.98 Å². The minimum absolute atomic E-state index is 0.412. The Morgan fingerprint density at radius 3 is 2.44 bits per heavy atom. The maximum atomic E-state index is 12.6. The quantitative estimate of drug-likeness (QED) is 0.779. The molecule has 18 heavy (non-hydrogen) atoms. The second-order valence-electron chi connectivity index (χ2n) is 4.62. The third-order valence-electron chi connectivity index (χ3n) is 3.26. The lowest BCUT2D eigenvalue weighted by Gasteiger charge is -2.31. The van der Waals surface area contributed by atoms with Crippen LogP contribution in [0.3, 0.4) is 0 Å². The largest absolute Gasteiger partial charge is 0.434 e. The zero-order chi connectivity index (χ0) is 13.3. The lowest BCUT2D eigenvalue weighted by atomic mass is 9.99. The average molecular weight is 326 g/mol. The van der Waals surface area contributed by atoms with Crippen LogP contribution in [0.15, 0.2) is 6.20 Å². The molecule has 1 aromatic heterocycles. The van der Waals surface area contributed by atoms with Crippen LogP contribution in [0.1, 0.15) is 18.5 Å². The van der Waals surface area contributed by atoms with Crippen molar-refractivity contribution >= 4 is 21.9 Å². The van der Waals surface area contributed by atoms with E-state index in [-0.39, 0.29) is 0 Å². The zero-order valence-corrected chi connectivity index (χ0v) is 11.6. The van der Waals surface area contributed by atoms with Gasteiger partial charge in [-0.2, -0.15) is 13.2 Å². The number of nitrogens with zero attached hydrogens (tertiary/aromatic N) is 3. The van der Waals surface area contributed by atoms with Gasteiger partial charge in [-0.3, -0.25) is 0 Å². The molecule has 102 valence electrons. The molecule has 0 N–H and O–H groups in total. The Bertz CT molecular complexity index is 408. The lowest BCUT2D eigenvalue weighted by Crippen LogP contribution is -2.35. The molecular weight excluding hydrogens is 311 g/mol. The van der Waals surface area contributed by atoms with Gasteiger partial charge in [0.1, 0.15) is 0 Å². The van der Waals surface area contributed by atoms with Gasteiger partial charge < -0.3 is 9.47 Å². The van der Waals surface area contributed by atoms with Crippen LogP contribution < -0.4 is 4.90 Å². The molecule has 1 saturated heterocycles. The van der Waals surface area contributed by atoms with E-state index >= 15 is 0 Å². The Kier molecular flexibility index (Phi) is 3.89. The van der Waals surface area contributed by atoms with Gasteiger partial charge >= 0.3 is 6.18 Å². The Balaban J connectivity index is 2.12. The third kappa shape index (κ3) is 2.81. The van der Waals surface area contributed by atoms with Crippen molar-refractivity contribution in [2.45, 2.75) is 19.0 Å². The van der Waals surface area contributed by atoms with E-state index in [0.717, 1.165) is 37.5 Å². The standard InChI is InChI=1S/C11H15BrF3N3/c1-17-7-9(11(13,14)15)16-10(17)18-4-2-8(6-12)3-5-18/h7-8H,2-6H2,1H3. The summed E-state index contributed by atoms with van der Waals surface area (Å²) in [5, 5.41) is 0.954. The predicted octanol–water partition coefficient (Wildman–Crippen LogP) is 3.05. The fraction of sp³-hybridized carbons (Fsp3) is 0.727. The maximum Gasteiger partial charge on any atom is 0.434 e. The third-order valence-corrected chi connectivity index (χ3v) is 4.17. The molecule has 0 unspecified atom stereocenters. The van der Waals surface area contributed by atoms with E-state index in [1.54, 1.807) is 7.05 Å². The highest BCUT2D eigenvalue weighted by atomic mass is 79.9. The maximum absolute atomic E-state index is 12.6. The summed E-state index contributed by atoms with van der Waals surface area (Å²) in [5.41, 5.74) is -0.817. The molecule has 0 radical (unpaired) electrons. The van der Waals surface area contributed by atoms with Gasteiger partial charge in [-0.15, -0.1) is 0 Å². The summed E-state index contributed by atoms with van der Waals surface area (Å²) in [6, 6.07) is 0. The Morgan fingerprint density at radius 2 is 2.00 bits per heavy atom. The number of hydrogen-bond acceptors (Lipinski definition) is 2. The van der Waals surface area contributed by atoms with Gasteiger partial charge in [0, 0.05) is 31.7 Å². The first-order valence-corrected chi connectivity index (χ1v) is 6.95. The van der Waals surface area contributed by atoms with Crippen molar-refractivity contribution in [3.63, 3.8) is 0 Å². The number of alkyl halides is 4. The number of halogens is 4. The number of piperidine rings is 1. The summed E-state index contributed by atoms with van der Waals surface area (Å²) in [6.07, 6.45) is -1.35. The molecule has 2 rings (SSSR count). The molecule has 0 aromatic carbocycles. The highest BCUT2D eigenvalue weighted by Gasteiger charge is 2.35. The van der Waals surface area contributed by atoms with Gasteiger partial charge in [0.25, 0.3) is 0 Å². The summed E-state index contributed by atoms with van der Waals surface area (Å²) >= 11 is 3.44. The summed E-state index contributed by atoms with van der Waals surface area (Å²) in [4.78, 5) is 5.63. The van der Waals surface area contributed by atoms with Gasteiger partial charge in [0.05, 0.1) is 0 Å². The molecule has 0 saturated carbocycles. The van der Waals surface area contributed by atoms with Crippen molar-refractivity contribution in [2.75, 3.05) is 23.3 Å². The number of anilines is 1. The second-order valence-corrected chi connectivity index (χ2v) is 5.27. The van der Waals surface area contributed by atoms with Gasteiger partial charge in [-0.05, 0) is 18.8 Å². The average Bonchev–Trinajstić information content (AvgIpc) is 2.71. The molecule has 0 bridgehead atoms. The number of hydrogen-bond donors (Lipinski definition) is 0. The predicted molar refractivity (Wildman–Crippen MR) is 66.9 cm³/mol.